The summed E-state index contributed by atoms with van der Waals surface area (Å²) in [5.41, 5.74) is 0.834. The van der Waals surface area contributed by atoms with Crippen LogP contribution in [-0.2, 0) is 35.4 Å². The van der Waals surface area contributed by atoms with Crippen LogP contribution in [0.15, 0.2) is 53.4 Å². The summed E-state index contributed by atoms with van der Waals surface area (Å²) in [5, 5.41) is 12.7. The van der Waals surface area contributed by atoms with Crippen molar-refractivity contribution in [2.75, 3.05) is 39.5 Å². The Hall–Kier alpha value is -3.30. The second-order valence-electron chi connectivity index (χ2n) is 11.7. The molecule has 2 heterocycles. The molecule has 2 saturated heterocycles. The number of amides is 1. The first-order chi connectivity index (χ1) is 19.9. The van der Waals surface area contributed by atoms with Gasteiger partial charge in [0.2, 0.25) is 10.0 Å². The minimum Gasteiger partial charge on any atom is -0.444 e. The molecule has 0 saturated carbocycles. The molecule has 1 N–H and O–H groups in total. The van der Waals surface area contributed by atoms with Crippen LogP contribution in [0.1, 0.15) is 45.6 Å². The molecule has 1 amide bonds. The van der Waals surface area contributed by atoms with E-state index in [1.54, 1.807) is 45.0 Å². The van der Waals surface area contributed by atoms with Crippen molar-refractivity contribution in [3.8, 4) is 17.2 Å². The number of carbonyl (C=O) groups excluding carboxylic acids is 2. The SMILES string of the molecule is CC(C)(C)OC(=O)NC1(C(=O)C[C@H](C#N)Cc2ccc(-c3ccc(S(=O)(=O)N4CCOCC4)cc3)cc2)CCOCC1. The number of rotatable bonds is 9. The quantitative estimate of drug-likeness (QED) is 0.457. The molecule has 2 fully saturated rings. The zero-order valence-electron chi connectivity index (χ0n) is 24.4. The predicted molar refractivity (Wildman–Crippen MR) is 156 cm³/mol. The van der Waals surface area contributed by atoms with E-state index in [1.807, 2.05) is 24.3 Å². The number of nitriles is 1. The zero-order valence-corrected chi connectivity index (χ0v) is 25.2. The molecule has 0 aromatic heterocycles. The van der Waals surface area contributed by atoms with Gasteiger partial charge in [0.1, 0.15) is 11.1 Å². The van der Waals surface area contributed by atoms with Crippen LogP contribution in [0.2, 0.25) is 0 Å². The van der Waals surface area contributed by atoms with Crippen molar-refractivity contribution in [1.82, 2.24) is 9.62 Å². The van der Waals surface area contributed by atoms with Crippen LogP contribution in [-0.4, -0.2) is 75.3 Å². The third-order valence-corrected chi connectivity index (χ3v) is 9.38. The first-order valence-corrected chi connectivity index (χ1v) is 15.6. The molecule has 226 valence electrons. The number of nitrogens with zero attached hydrogens (tertiary/aromatic N) is 2. The molecule has 2 aromatic carbocycles. The van der Waals surface area contributed by atoms with Crippen molar-refractivity contribution in [3.63, 3.8) is 0 Å². The molecule has 2 aliphatic heterocycles. The summed E-state index contributed by atoms with van der Waals surface area (Å²) < 4.78 is 43.3. The molecule has 4 rings (SSSR count). The third kappa shape index (κ3) is 7.95. The summed E-state index contributed by atoms with van der Waals surface area (Å²) in [6, 6.07) is 16.7. The minimum atomic E-state index is -3.56. The lowest BCUT2D eigenvalue weighted by Crippen LogP contribution is -2.58. The smallest absolute Gasteiger partial charge is 0.408 e. The summed E-state index contributed by atoms with van der Waals surface area (Å²) in [6.07, 6.45) is 0.355. The van der Waals surface area contributed by atoms with Gasteiger partial charge in [-0.05, 0) is 56.0 Å². The highest BCUT2D eigenvalue weighted by molar-refractivity contribution is 7.89. The van der Waals surface area contributed by atoms with Crippen LogP contribution in [0.4, 0.5) is 4.79 Å². The molecule has 42 heavy (non-hydrogen) atoms. The van der Waals surface area contributed by atoms with Gasteiger partial charge in [0.15, 0.2) is 5.78 Å². The molecule has 2 aromatic rings. The number of alkyl carbamates (subject to hydrolysis) is 1. The molecule has 0 unspecified atom stereocenters. The Morgan fingerprint density at radius 1 is 0.976 bits per heavy atom. The molecule has 11 heteroatoms. The fraction of sp³-hybridized carbons (Fsp3) is 0.516. The van der Waals surface area contributed by atoms with Crippen molar-refractivity contribution in [2.24, 2.45) is 5.92 Å². The second kappa shape index (κ2) is 13.3. The summed E-state index contributed by atoms with van der Waals surface area (Å²) >= 11 is 0. The maximum atomic E-state index is 13.5. The molecule has 0 bridgehead atoms. The average Bonchev–Trinajstić information content (AvgIpc) is 2.97. The number of nitrogens with one attached hydrogen (secondary N) is 1. The highest BCUT2D eigenvalue weighted by Gasteiger charge is 2.42. The Labute approximate surface area is 248 Å². The van der Waals surface area contributed by atoms with E-state index in [0.29, 0.717) is 58.8 Å². The molecule has 10 nitrogen and oxygen atoms in total. The lowest BCUT2D eigenvalue weighted by molar-refractivity contribution is -0.130. The Morgan fingerprint density at radius 2 is 1.52 bits per heavy atom. The lowest BCUT2D eigenvalue weighted by Gasteiger charge is -2.37. The van der Waals surface area contributed by atoms with Gasteiger partial charge < -0.3 is 19.5 Å². The van der Waals surface area contributed by atoms with Gasteiger partial charge in [-0.2, -0.15) is 9.57 Å². The summed E-state index contributed by atoms with van der Waals surface area (Å²) in [5.74, 6) is -0.778. The van der Waals surface area contributed by atoms with Gasteiger partial charge in [-0.15, -0.1) is 0 Å². The Morgan fingerprint density at radius 3 is 2.07 bits per heavy atom. The molecule has 0 spiro atoms. The Balaban J connectivity index is 1.40. The molecule has 0 aliphatic carbocycles. The van der Waals surface area contributed by atoms with Gasteiger partial charge in [0.05, 0.1) is 30.1 Å². The number of hydrogen-bond acceptors (Lipinski definition) is 8. The van der Waals surface area contributed by atoms with E-state index in [9.17, 15) is 23.3 Å². The Bertz CT molecular complexity index is 1380. The Kier molecular flexibility index (Phi) is 10.0. The fourth-order valence-corrected chi connectivity index (χ4v) is 6.56. The number of carbonyl (C=O) groups is 2. The van der Waals surface area contributed by atoms with Crippen molar-refractivity contribution in [3.05, 3.63) is 54.1 Å². The van der Waals surface area contributed by atoms with Crippen molar-refractivity contribution in [1.29, 1.82) is 5.26 Å². The first kappa shape index (κ1) is 31.6. The van der Waals surface area contributed by atoms with Gasteiger partial charge >= 0.3 is 6.09 Å². The predicted octanol–water partition coefficient (Wildman–Crippen LogP) is 4.09. The minimum absolute atomic E-state index is 0.00682. The highest BCUT2D eigenvalue weighted by atomic mass is 32.2. The maximum Gasteiger partial charge on any atom is 0.408 e. The fourth-order valence-electron chi connectivity index (χ4n) is 5.15. The largest absolute Gasteiger partial charge is 0.444 e. The van der Waals surface area contributed by atoms with Gasteiger partial charge in [0.25, 0.3) is 0 Å². The first-order valence-electron chi connectivity index (χ1n) is 14.2. The van der Waals surface area contributed by atoms with Gasteiger partial charge in [0, 0.05) is 45.6 Å². The van der Waals surface area contributed by atoms with Crippen LogP contribution >= 0.6 is 0 Å². The van der Waals surface area contributed by atoms with Gasteiger partial charge in [-0.3, -0.25) is 4.79 Å². The topological polar surface area (TPSA) is 135 Å². The van der Waals surface area contributed by atoms with E-state index in [1.165, 1.54) is 4.31 Å². The normalized spacial score (nSPS) is 18.4. The lowest BCUT2D eigenvalue weighted by atomic mass is 9.80. The van der Waals surface area contributed by atoms with E-state index < -0.39 is 33.2 Å². The number of ketones is 1. The standard InChI is InChI=1S/C31H39N3O7S/c1-30(2,3)41-29(36)33-31(12-16-39-17-13-31)28(35)21-24(22-32)20-23-4-6-25(7-5-23)26-8-10-27(11-9-26)42(37,38)34-14-18-40-19-15-34/h4-11,24H,12-21H2,1-3H3,(H,33,36)/t24-/m1/s1. The van der Waals surface area contributed by atoms with Crippen LogP contribution in [0.3, 0.4) is 0 Å². The third-order valence-electron chi connectivity index (χ3n) is 7.47. The highest BCUT2D eigenvalue weighted by Crippen LogP contribution is 2.28. The van der Waals surface area contributed by atoms with Crippen molar-refractivity contribution >= 4 is 21.9 Å². The van der Waals surface area contributed by atoms with E-state index in [0.717, 1.165) is 16.7 Å². The van der Waals surface area contributed by atoms with Crippen LogP contribution < -0.4 is 5.32 Å². The van der Waals surface area contributed by atoms with E-state index in [2.05, 4.69) is 11.4 Å². The van der Waals surface area contributed by atoms with Crippen molar-refractivity contribution < 1.29 is 32.2 Å². The van der Waals surface area contributed by atoms with Crippen LogP contribution in [0.25, 0.3) is 11.1 Å². The monoisotopic (exact) mass is 597 g/mol. The number of hydrogen-bond donors (Lipinski definition) is 1. The van der Waals surface area contributed by atoms with Crippen LogP contribution in [0, 0.1) is 17.2 Å². The number of sulfonamides is 1. The number of ether oxygens (including phenoxy) is 3. The summed E-state index contributed by atoms with van der Waals surface area (Å²) in [6.45, 7) is 7.41. The van der Waals surface area contributed by atoms with E-state index in [-0.39, 0.29) is 17.1 Å². The second-order valence-corrected chi connectivity index (χ2v) is 13.7. The summed E-state index contributed by atoms with van der Waals surface area (Å²) in [4.78, 5) is 26.3. The molecule has 2 aliphatic rings. The molecular formula is C31H39N3O7S. The maximum absolute atomic E-state index is 13.5. The van der Waals surface area contributed by atoms with E-state index >= 15 is 0 Å². The van der Waals surface area contributed by atoms with Crippen LogP contribution in [0.5, 0.6) is 0 Å². The molecule has 1 atom stereocenters. The summed E-state index contributed by atoms with van der Waals surface area (Å²) in [7, 11) is -3.56. The van der Waals surface area contributed by atoms with Crippen molar-refractivity contribution in [2.45, 2.75) is 62.5 Å². The molecule has 0 radical (unpaired) electrons. The average molecular weight is 598 g/mol. The zero-order chi connectivity index (χ0) is 30.4. The van der Waals surface area contributed by atoms with Gasteiger partial charge in [-0.1, -0.05) is 36.4 Å². The van der Waals surface area contributed by atoms with E-state index in [4.69, 9.17) is 14.2 Å². The number of Topliss-reactive ketones (excluding diaryl/α,β-unsaturated/α-hetero) is 1. The van der Waals surface area contributed by atoms with Gasteiger partial charge in [-0.25, -0.2) is 13.2 Å². The number of benzene rings is 2. The number of morpholine rings is 1. The molecular weight excluding hydrogens is 558 g/mol.